The fraction of sp³-hybridized carbons (Fsp3) is 0.222. The van der Waals surface area contributed by atoms with E-state index in [2.05, 4.69) is 5.32 Å². The van der Waals surface area contributed by atoms with Gasteiger partial charge < -0.3 is 10.1 Å². The van der Waals surface area contributed by atoms with Gasteiger partial charge in [-0.15, -0.1) is 0 Å². The Hall–Kier alpha value is -3.77. The molecule has 6 heteroatoms. The zero-order valence-electron chi connectivity index (χ0n) is 18.3. The Morgan fingerprint density at radius 3 is 2.33 bits per heavy atom. The van der Waals surface area contributed by atoms with E-state index < -0.39 is 5.97 Å². The van der Waals surface area contributed by atoms with Gasteiger partial charge in [0.25, 0.3) is 0 Å². The molecular weight excluding hydrogens is 416 g/mol. The van der Waals surface area contributed by atoms with E-state index in [-0.39, 0.29) is 24.3 Å². The maximum atomic E-state index is 12.9. The molecule has 3 aromatic carbocycles. The van der Waals surface area contributed by atoms with Gasteiger partial charge in [-0.2, -0.15) is 0 Å². The van der Waals surface area contributed by atoms with Gasteiger partial charge in [0.15, 0.2) is 5.78 Å². The lowest BCUT2D eigenvalue weighted by molar-refractivity contribution is -0.125. The van der Waals surface area contributed by atoms with Gasteiger partial charge in [0, 0.05) is 12.1 Å². The molecule has 0 unspecified atom stereocenters. The fourth-order valence-corrected chi connectivity index (χ4v) is 3.96. The summed E-state index contributed by atoms with van der Waals surface area (Å²) in [5.74, 6) is -0.340. The summed E-state index contributed by atoms with van der Waals surface area (Å²) >= 11 is 0. The number of carbonyl (C=O) groups excluding carboxylic acids is 3. The van der Waals surface area contributed by atoms with Crippen LogP contribution in [-0.4, -0.2) is 41.7 Å². The molecule has 1 aliphatic rings. The van der Waals surface area contributed by atoms with Crippen LogP contribution in [0.25, 0.3) is 0 Å². The molecule has 1 saturated heterocycles. The quantitative estimate of drug-likeness (QED) is 0.326. The van der Waals surface area contributed by atoms with E-state index in [0.717, 1.165) is 18.4 Å². The lowest BCUT2D eigenvalue weighted by Crippen LogP contribution is -2.44. The molecule has 33 heavy (non-hydrogen) atoms. The Morgan fingerprint density at radius 2 is 1.58 bits per heavy atom. The Bertz CT molecular complexity index is 1120. The number of ketones is 1. The largest absolute Gasteiger partial charge is 0.423 e. The van der Waals surface area contributed by atoms with Crippen molar-refractivity contribution in [1.82, 2.24) is 10.2 Å². The minimum absolute atomic E-state index is 0.0605. The smallest absolute Gasteiger partial charge is 0.343 e. The van der Waals surface area contributed by atoms with Gasteiger partial charge in [-0.3, -0.25) is 14.5 Å². The van der Waals surface area contributed by atoms with E-state index in [1.165, 1.54) is 0 Å². The Labute approximate surface area is 193 Å². The number of likely N-dealkylation sites (tertiary alicyclic amines) is 1. The topological polar surface area (TPSA) is 75.7 Å². The Morgan fingerprint density at radius 1 is 0.879 bits per heavy atom. The van der Waals surface area contributed by atoms with Crippen molar-refractivity contribution in [2.24, 2.45) is 0 Å². The standard InChI is InChI=1S/C27H26N2O4/c30-25(22-13-7-14-23(17-22)33-27(32)21-11-5-2-6-12-21)19-29-16-8-15-24(29)26(31)28-18-20-9-3-1-4-10-20/h1-7,9-14,17,24H,8,15-16,18-19H2,(H,28,31)/t24-/m0/s1. The molecule has 0 bridgehead atoms. The van der Waals surface area contributed by atoms with Crippen LogP contribution < -0.4 is 10.1 Å². The number of nitrogens with zero attached hydrogens (tertiary/aromatic N) is 1. The van der Waals surface area contributed by atoms with Crippen LogP contribution in [0.2, 0.25) is 0 Å². The number of esters is 1. The third kappa shape index (κ3) is 5.93. The summed E-state index contributed by atoms with van der Waals surface area (Å²) in [6.07, 6.45) is 1.59. The predicted molar refractivity (Wildman–Crippen MR) is 125 cm³/mol. The van der Waals surface area contributed by atoms with Crippen molar-refractivity contribution in [1.29, 1.82) is 0 Å². The highest BCUT2D eigenvalue weighted by atomic mass is 16.5. The second-order valence-corrected chi connectivity index (χ2v) is 8.04. The first-order valence-electron chi connectivity index (χ1n) is 11.1. The van der Waals surface area contributed by atoms with Crippen LogP contribution in [-0.2, 0) is 11.3 Å². The van der Waals surface area contributed by atoms with E-state index in [1.807, 2.05) is 41.3 Å². The van der Waals surface area contributed by atoms with E-state index >= 15 is 0 Å². The average molecular weight is 443 g/mol. The molecule has 1 fully saturated rings. The van der Waals surface area contributed by atoms with Gasteiger partial charge in [-0.05, 0) is 49.2 Å². The molecule has 0 spiro atoms. The van der Waals surface area contributed by atoms with Crippen molar-refractivity contribution >= 4 is 17.7 Å². The zero-order valence-corrected chi connectivity index (χ0v) is 18.3. The predicted octanol–water partition coefficient (Wildman–Crippen LogP) is 3.87. The van der Waals surface area contributed by atoms with Crippen molar-refractivity contribution in [3.8, 4) is 5.75 Å². The van der Waals surface area contributed by atoms with Gasteiger partial charge in [-0.25, -0.2) is 4.79 Å². The van der Waals surface area contributed by atoms with Crippen molar-refractivity contribution < 1.29 is 19.1 Å². The highest BCUT2D eigenvalue weighted by molar-refractivity contribution is 5.99. The number of benzene rings is 3. The molecule has 0 saturated carbocycles. The van der Waals surface area contributed by atoms with Crippen LogP contribution in [0.4, 0.5) is 0 Å². The highest BCUT2D eigenvalue weighted by Crippen LogP contribution is 2.20. The number of nitrogens with one attached hydrogen (secondary N) is 1. The zero-order chi connectivity index (χ0) is 23.0. The number of amides is 1. The molecule has 168 valence electrons. The van der Waals surface area contributed by atoms with Gasteiger partial charge in [0.2, 0.25) is 5.91 Å². The maximum absolute atomic E-state index is 12.9. The van der Waals surface area contributed by atoms with Crippen LogP contribution in [0, 0.1) is 0 Å². The lowest BCUT2D eigenvalue weighted by atomic mass is 10.1. The van der Waals surface area contributed by atoms with Crippen LogP contribution in [0.5, 0.6) is 5.75 Å². The maximum Gasteiger partial charge on any atom is 0.343 e. The molecule has 1 amide bonds. The van der Waals surface area contributed by atoms with Crippen LogP contribution in [0.15, 0.2) is 84.9 Å². The van der Waals surface area contributed by atoms with E-state index in [1.54, 1.807) is 48.5 Å². The summed E-state index contributed by atoms with van der Waals surface area (Å²) in [7, 11) is 0. The van der Waals surface area contributed by atoms with Crippen LogP contribution >= 0.6 is 0 Å². The van der Waals surface area contributed by atoms with E-state index in [0.29, 0.717) is 30.0 Å². The van der Waals surface area contributed by atoms with E-state index in [4.69, 9.17) is 4.74 Å². The average Bonchev–Trinajstić information content (AvgIpc) is 3.32. The fourth-order valence-electron chi connectivity index (χ4n) is 3.96. The molecule has 1 atom stereocenters. The number of hydrogen-bond donors (Lipinski definition) is 1. The molecule has 4 rings (SSSR count). The van der Waals surface area contributed by atoms with Gasteiger partial charge in [0.1, 0.15) is 5.75 Å². The molecule has 3 aromatic rings. The Kier molecular flexibility index (Phi) is 7.27. The van der Waals surface area contributed by atoms with Gasteiger partial charge in [0.05, 0.1) is 18.2 Å². The molecule has 1 aliphatic heterocycles. The SMILES string of the molecule is O=C(CN1CCC[C@H]1C(=O)NCc1ccccc1)c1cccc(OC(=O)c2ccccc2)c1. The van der Waals surface area contributed by atoms with Crippen molar-refractivity contribution in [2.75, 3.05) is 13.1 Å². The second kappa shape index (κ2) is 10.7. The molecule has 0 aliphatic carbocycles. The molecular formula is C27H26N2O4. The van der Waals surface area contributed by atoms with Crippen molar-refractivity contribution in [3.05, 3.63) is 102 Å². The first-order chi connectivity index (χ1) is 16.1. The number of hydrogen-bond acceptors (Lipinski definition) is 5. The van der Waals surface area contributed by atoms with Crippen molar-refractivity contribution in [3.63, 3.8) is 0 Å². The monoisotopic (exact) mass is 442 g/mol. The third-order valence-corrected chi connectivity index (χ3v) is 5.70. The number of Topliss-reactive ketones (excluding diaryl/α,β-unsaturated/α-hetero) is 1. The molecule has 6 nitrogen and oxygen atoms in total. The minimum Gasteiger partial charge on any atom is -0.423 e. The number of carbonyl (C=O) groups is 3. The molecule has 0 radical (unpaired) electrons. The lowest BCUT2D eigenvalue weighted by Gasteiger charge is -2.23. The summed E-state index contributed by atoms with van der Waals surface area (Å²) in [5, 5.41) is 2.98. The summed E-state index contributed by atoms with van der Waals surface area (Å²) in [6.45, 7) is 1.30. The molecule has 1 heterocycles. The Balaban J connectivity index is 1.35. The summed E-state index contributed by atoms with van der Waals surface area (Å²) in [6, 6.07) is 24.7. The molecule has 0 aromatic heterocycles. The van der Waals surface area contributed by atoms with Gasteiger partial charge >= 0.3 is 5.97 Å². The first kappa shape index (κ1) is 22.4. The number of rotatable bonds is 8. The normalized spacial score (nSPS) is 15.7. The van der Waals surface area contributed by atoms with Crippen LogP contribution in [0.3, 0.4) is 0 Å². The van der Waals surface area contributed by atoms with E-state index in [9.17, 15) is 14.4 Å². The highest BCUT2D eigenvalue weighted by Gasteiger charge is 2.32. The first-order valence-corrected chi connectivity index (χ1v) is 11.1. The summed E-state index contributed by atoms with van der Waals surface area (Å²) < 4.78 is 5.43. The molecule has 1 N–H and O–H groups in total. The third-order valence-electron chi connectivity index (χ3n) is 5.70. The van der Waals surface area contributed by atoms with Crippen LogP contribution in [0.1, 0.15) is 39.1 Å². The summed E-state index contributed by atoms with van der Waals surface area (Å²) in [4.78, 5) is 39.9. The number of ether oxygens (including phenoxy) is 1. The van der Waals surface area contributed by atoms with Crippen molar-refractivity contribution in [2.45, 2.75) is 25.4 Å². The van der Waals surface area contributed by atoms with Gasteiger partial charge in [-0.1, -0.05) is 60.7 Å². The summed E-state index contributed by atoms with van der Waals surface area (Å²) in [5.41, 5.74) is 1.92. The minimum atomic E-state index is -0.477. The second-order valence-electron chi connectivity index (χ2n) is 8.04.